The molecule has 30 heavy (non-hydrogen) atoms. The highest BCUT2D eigenvalue weighted by Gasteiger charge is 2.58. The van der Waals surface area contributed by atoms with Gasteiger partial charge in [-0.3, -0.25) is 9.59 Å². The number of Topliss-reactive ketones (excluding diaryl/α,β-unsaturated/α-hetero) is 1. The lowest BCUT2D eigenvalue weighted by atomic mass is 9.69. The number of ketones is 1. The van der Waals surface area contributed by atoms with Gasteiger partial charge in [-0.05, 0) is 6.92 Å². The van der Waals surface area contributed by atoms with E-state index in [2.05, 4.69) is 0 Å². The number of rotatable bonds is 14. The molecule has 0 aliphatic rings. The van der Waals surface area contributed by atoms with Crippen LogP contribution >= 0.6 is 0 Å². The van der Waals surface area contributed by atoms with Crippen LogP contribution in [0.1, 0.15) is 6.92 Å². The minimum Gasteiger partial charge on any atom is -0.394 e. The van der Waals surface area contributed by atoms with E-state index in [0.29, 0.717) is 6.92 Å². The van der Waals surface area contributed by atoms with Crippen molar-refractivity contribution in [3.8, 4) is 0 Å². The number of hydrogen-bond acceptors (Lipinski definition) is 14. The molecule has 0 saturated heterocycles. The normalized spacial score (nSPS) is 24.3. The van der Waals surface area contributed by atoms with Crippen LogP contribution in [0.5, 0.6) is 0 Å². The predicted octanol–water partition coefficient (Wildman–Crippen LogP) is -7.73. The fourth-order valence-electron chi connectivity index (χ4n) is 2.77. The molecule has 0 amide bonds. The molecule has 14 heteroatoms. The fourth-order valence-corrected chi connectivity index (χ4v) is 2.77. The second kappa shape index (κ2) is 12.0. The highest BCUT2D eigenvalue weighted by molar-refractivity contribution is 5.98. The summed E-state index contributed by atoms with van der Waals surface area (Å²) in [6.07, 6.45) is -23.5. The summed E-state index contributed by atoms with van der Waals surface area (Å²) in [7, 11) is 0. The van der Waals surface area contributed by atoms with E-state index in [9.17, 15) is 60.7 Å². The third-order valence-electron chi connectivity index (χ3n) is 4.89. The number of aliphatic hydroxyl groups is 12. The zero-order valence-electron chi connectivity index (χ0n) is 15.9. The average Bonchev–Trinajstić information content (AvgIpc) is 2.74. The van der Waals surface area contributed by atoms with Gasteiger partial charge in [0.1, 0.15) is 66.8 Å². The Hall–Kier alpha value is -1.14. The molecule has 0 heterocycles. The van der Waals surface area contributed by atoms with E-state index in [4.69, 9.17) is 10.2 Å². The molecule has 2 unspecified atom stereocenters. The highest BCUT2D eigenvalue weighted by Crippen LogP contribution is 2.33. The monoisotopic (exact) mass is 445 g/mol. The minimum atomic E-state index is -3.26. The van der Waals surface area contributed by atoms with E-state index in [1.807, 2.05) is 0 Å². The quantitative estimate of drug-likeness (QED) is 0.111. The van der Waals surface area contributed by atoms with Crippen molar-refractivity contribution in [2.75, 3.05) is 13.2 Å². The molecule has 0 aliphatic carbocycles. The topological polar surface area (TPSA) is 277 Å². The second-order valence-electron chi connectivity index (χ2n) is 6.86. The largest absolute Gasteiger partial charge is 0.394 e. The maximum absolute atomic E-state index is 12.1. The van der Waals surface area contributed by atoms with Crippen LogP contribution in [0.25, 0.3) is 0 Å². The van der Waals surface area contributed by atoms with Crippen molar-refractivity contribution < 1.29 is 70.9 Å². The van der Waals surface area contributed by atoms with Crippen molar-refractivity contribution in [1.29, 1.82) is 0 Å². The lowest BCUT2D eigenvalue weighted by molar-refractivity contribution is -0.194. The molecule has 0 aliphatic heterocycles. The van der Waals surface area contributed by atoms with Gasteiger partial charge in [0.15, 0.2) is 5.41 Å². The summed E-state index contributed by atoms with van der Waals surface area (Å²) in [5.74, 6) is -1.44. The molecule has 177 valence electrons. The van der Waals surface area contributed by atoms with Crippen LogP contribution in [-0.2, 0) is 9.59 Å². The Bertz CT molecular complexity index is 510. The molecule has 0 aromatic carbocycles. The first-order valence-corrected chi connectivity index (χ1v) is 8.68. The third-order valence-corrected chi connectivity index (χ3v) is 4.89. The minimum absolute atomic E-state index is 0.605. The molecule has 0 spiro atoms. The molecule has 0 rings (SSSR count). The van der Waals surface area contributed by atoms with Gasteiger partial charge in [-0.1, -0.05) is 0 Å². The summed E-state index contributed by atoms with van der Waals surface area (Å²) in [4.78, 5) is 23.7. The Morgan fingerprint density at radius 2 is 0.967 bits per heavy atom. The first kappa shape index (κ1) is 28.9. The summed E-state index contributed by atoms with van der Waals surface area (Å²) in [5.41, 5.74) is -3.26. The zero-order chi connectivity index (χ0) is 24.0. The van der Waals surface area contributed by atoms with Crippen LogP contribution in [-0.4, -0.2) is 148 Å². The van der Waals surface area contributed by atoms with Gasteiger partial charge in [-0.2, -0.15) is 0 Å². The van der Waals surface area contributed by atoms with E-state index in [0.717, 1.165) is 6.29 Å². The first-order valence-electron chi connectivity index (χ1n) is 8.68. The van der Waals surface area contributed by atoms with Gasteiger partial charge in [-0.15, -0.1) is 0 Å². The Kier molecular flexibility index (Phi) is 11.6. The summed E-state index contributed by atoms with van der Waals surface area (Å²) in [6.45, 7) is -1.57. The molecule has 0 aromatic heterocycles. The van der Waals surface area contributed by atoms with Gasteiger partial charge in [0, 0.05) is 0 Å². The first-order chi connectivity index (χ1) is 13.8. The van der Waals surface area contributed by atoms with Crippen molar-refractivity contribution in [3.05, 3.63) is 0 Å². The Balaban J connectivity index is 5.99. The van der Waals surface area contributed by atoms with Crippen LogP contribution in [0.2, 0.25) is 0 Å². The molecule has 0 aromatic rings. The Labute approximate surface area is 170 Å². The maximum Gasteiger partial charge on any atom is 0.218 e. The maximum atomic E-state index is 12.1. The molecule has 0 bridgehead atoms. The van der Waals surface area contributed by atoms with Crippen LogP contribution in [0.15, 0.2) is 0 Å². The summed E-state index contributed by atoms with van der Waals surface area (Å²) in [6, 6.07) is 0. The molecule has 10 atom stereocenters. The number of aliphatic hydroxyl groups excluding tert-OH is 12. The molecule has 14 nitrogen and oxygen atoms in total. The summed E-state index contributed by atoms with van der Waals surface area (Å²) < 4.78 is 0. The van der Waals surface area contributed by atoms with Gasteiger partial charge in [0.2, 0.25) is 6.29 Å². The zero-order valence-corrected chi connectivity index (χ0v) is 15.9. The van der Waals surface area contributed by atoms with Crippen LogP contribution in [0, 0.1) is 5.41 Å². The van der Waals surface area contributed by atoms with Crippen molar-refractivity contribution in [2.45, 2.75) is 68.0 Å². The van der Waals surface area contributed by atoms with Crippen molar-refractivity contribution in [1.82, 2.24) is 0 Å². The number of hydrogen-bond donors (Lipinski definition) is 12. The fraction of sp³-hybridized carbons (Fsp3) is 0.875. The SMILES string of the molecule is CC(=O)C([C]=O)(C(O)[C@H](O)[C@@H](O)[C@H](O)[C@H](O)CO)C(O)[C@H](O)[C@@H](O)[C@H](O)[C@H](O)CO. The molecule has 0 fully saturated rings. The van der Waals surface area contributed by atoms with Crippen molar-refractivity contribution in [2.24, 2.45) is 5.41 Å². The third kappa shape index (κ3) is 5.76. The van der Waals surface area contributed by atoms with Crippen LogP contribution < -0.4 is 0 Å². The van der Waals surface area contributed by atoms with Gasteiger partial charge in [0.25, 0.3) is 0 Å². The van der Waals surface area contributed by atoms with Gasteiger partial charge in [-0.25, -0.2) is 0 Å². The van der Waals surface area contributed by atoms with Gasteiger partial charge < -0.3 is 61.3 Å². The standard InChI is InChI=1S/C16H29O14/c1-5(20)16(4-19,14(29)12(27)10(25)8(23)6(21)2-17)15(30)13(28)11(26)9(24)7(22)3-18/h6-15,17-18,21-30H,2-3H2,1H3/t6-,7-,8-,9-,10+,11+,12-,13-,14?,15?,16?/m1/s1. The molecule has 12 N–H and O–H groups in total. The molecule has 1 radical (unpaired) electrons. The van der Waals surface area contributed by atoms with Gasteiger partial charge >= 0.3 is 0 Å². The second-order valence-corrected chi connectivity index (χ2v) is 6.86. The molecule has 0 saturated carbocycles. The smallest absolute Gasteiger partial charge is 0.218 e. The lowest BCUT2D eigenvalue weighted by Gasteiger charge is -2.41. The Morgan fingerprint density at radius 3 is 1.17 bits per heavy atom. The lowest BCUT2D eigenvalue weighted by Crippen LogP contribution is -2.65. The average molecular weight is 445 g/mol. The molecular weight excluding hydrogens is 416 g/mol. The molecular formula is C16H29O14. The van der Waals surface area contributed by atoms with Crippen LogP contribution in [0.3, 0.4) is 0 Å². The van der Waals surface area contributed by atoms with Crippen molar-refractivity contribution >= 4 is 12.1 Å². The number of carbonyl (C=O) groups excluding carboxylic acids is 2. The highest BCUT2D eigenvalue weighted by atomic mass is 16.4. The van der Waals surface area contributed by atoms with E-state index in [1.54, 1.807) is 0 Å². The van der Waals surface area contributed by atoms with Gasteiger partial charge in [0.05, 0.1) is 13.2 Å². The van der Waals surface area contributed by atoms with Crippen LogP contribution in [0.4, 0.5) is 0 Å². The summed E-state index contributed by atoms with van der Waals surface area (Å²) >= 11 is 0. The van der Waals surface area contributed by atoms with E-state index in [-0.39, 0.29) is 0 Å². The van der Waals surface area contributed by atoms with E-state index >= 15 is 0 Å². The summed E-state index contributed by atoms with van der Waals surface area (Å²) in [5, 5.41) is 116. The van der Waals surface area contributed by atoms with Crippen molar-refractivity contribution in [3.63, 3.8) is 0 Å². The van der Waals surface area contributed by atoms with E-state index < -0.39 is 85.5 Å². The Morgan fingerprint density at radius 1 is 0.667 bits per heavy atom. The number of carbonyl (C=O) groups is 1. The van der Waals surface area contributed by atoms with E-state index in [1.165, 1.54) is 0 Å². The predicted molar refractivity (Wildman–Crippen MR) is 93.0 cm³/mol.